The van der Waals surface area contributed by atoms with Crippen molar-refractivity contribution in [1.29, 1.82) is 0 Å². The highest BCUT2D eigenvalue weighted by atomic mass is 16.4. The van der Waals surface area contributed by atoms with Crippen molar-refractivity contribution in [3.8, 4) is 0 Å². The van der Waals surface area contributed by atoms with Crippen LogP contribution in [0.25, 0.3) is 10.9 Å². The second-order valence-electron chi connectivity index (χ2n) is 6.88. The summed E-state index contributed by atoms with van der Waals surface area (Å²) in [6, 6.07) is 8.44. The predicted octanol–water partition coefficient (Wildman–Crippen LogP) is 3.34. The minimum atomic E-state index is -1.00. The van der Waals surface area contributed by atoms with Crippen LogP contribution in [0.4, 0.5) is 0 Å². The number of carboxylic acid groups (broad SMARTS) is 1. The van der Waals surface area contributed by atoms with E-state index in [1.54, 1.807) is 0 Å². The summed E-state index contributed by atoms with van der Waals surface area (Å²) in [6.07, 6.45) is 2.59. The van der Waals surface area contributed by atoms with E-state index < -0.39 is 12.0 Å². The number of carbonyl (C=O) groups is 2. The predicted molar refractivity (Wildman–Crippen MR) is 92.1 cm³/mol. The lowest BCUT2D eigenvalue weighted by atomic mass is 10.0. The zero-order valence-electron chi connectivity index (χ0n) is 14.0. The van der Waals surface area contributed by atoms with Gasteiger partial charge in [-0.1, -0.05) is 32.0 Å². The lowest BCUT2D eigenvalue weighted by Crippen LogP contribution is -2.41. The fourth-order valence-electron chi connectivity index (χ4n) is 2.90. The molecular weight excluding hydrogens is 304 g/mol. The molecule has 0 unspecified atom stereocenters. The maximum atomic E-state index is 12.7. The highest BCUT2D eigenvalue weighted by Crippen LogP contribution is 2.40. The van der Waals surface area contributed by atoms with Crippen LogP contribution < -0.4 is 5.32 Å². The average Bonchev–Trinajstić information content (AvgIpc) is 3.37. The zero-order chi connectivity index (χ0) is 17.3. The monoisotopic (exact) mass is 326 g/mol. The minimum Gasteiger partial charge on any atom is -0.480 e. The number of carbonyl (C=O) groups excluding carboxylic acids is 1. The number of hydrogen-bond donors (Lipinski definition) is 2. The Labute approximate surface area is 141 Å². The first kappa shape index (κ1) is 16.4. The number of benzene rings is 1. The third-order valence-corrected chi connectivity index (χ3v) is 4.29. The van der Waals surface area contributed by atoms with Crippen molar-refractivity contribution in [3.05, 3.63) is 41.6 Å². The molecule has 1 atom stereocenters. The van der Waals surface area contributed by atoms with Crippen molar-refractivity contribution in [2.75, 3.05) is 0 Å². The number of fused-ring (bicyclic) bond motifs is 1. The lowest BCUT2D eigenvalue weighted by Gasteiger charge is -2.17. The van der Waals surface area contributed by atoms with Gasteiger partial charge >= 0.3 is 5.97 Å². The third-order valence-electron chi connectivity index (χ3n) is 4.29. The van der Waals surface area contributed by atoms with Gasteiger partial charge in [0.25, 0.3) is 5.91 Å². The topological polar surface area (TPSA) is 79.3 Å². The molecule has 0 saturated heterocycles. The van der Waals surface area contributed by atoms with Crippen LogP contribution in [0.5, 0.6) is 0 Å². The normalized spacial score (nSPS) is 15.5. The van der Waals surface area contributed by atoms with Gasteiger partial charge in [0.05, 0.1) is 11.1 Å². The van der Waals surface area contributed by atoms with Crippen LogP contribution in [0.1, 0.15) is 55.1 Å². The van der Waals surface area contributed by atoms with E-state index in [1.165, 1.54) is 0 Å². The van der Waals surface area contributed by atoms with Gasteiger partial charge in [-0.3, -0.25) is 9.78 Å². The van der Waals surface area contributed by atoms with Crippen LogP contribution in [-0.4, -0.2) is 28.0 Å². The number of nitrogens with zero attached hydrogens (tertiary/aromatic N) is 1. The Morgan fingerprint density at radius 3 is 2.62 bits per heavy atom. The molecule has 1 aliphatic rings. The van der Waals surface area contributed by atoms with E-state index in [1.807, 2.05) is 44.2 Å². The largest absolute Gasteiger partial charge is 0.480 e. The van der Waals surface area contributed by atoms with Gasteiger partial charge in [-0.25, -0.2) is 4.79 Å². The van der Waals surface area contributed by atoms with Gasteiger partial charge < -0.3 is 10.4 Å². The molecule has 24 heavy (non-hydrogen) atoms. The second kappa shape index (κ2) is 6.59. The summed E-state index contributed by atoms with van der Waals surface area (Å²) in [5, 5.41) is 12.8. The molecule has 1 aliphatic carbocycles. The Bertz CT molecular complexity index is 781. The van der Waals surface area contributed by atoms with Crippen LogP contribution in [0.2, 0.25) is 0 Å². The second-order valence-corrected chi connectivity index (χ2v) is 6.88. The number of hydrogen-bond acceptors (Lipinski definition) is 3. The van der Waals surface area contributed by atoms with Crippen LogP contribution in [-0.2, 0) is 4.79 Å². The Hall–Kier alpha value is -2.43. The van der Waals surface area contributed by atoms with Crippen molar-refractivity contribution in [2.24, 2.45) is 5.92 Å². The van der Waals surface area contributed by atoms with Gasteiger partial charge in [0.1, 0.15) is 6.04 Å². The first-order chi connectivity index (χ1) is 11.5. The zero-order valence-corrected chi connectivity index (χ0v) is 14.0. The summed E-state index contributed by atoms with van der Waals surface area (Å²) < 4.78 is 0. The summed E-state index contributed by atoms with van der Waals surface area (Å²) in [5.74, 6) is -0.740. The van der Waals surface area contributed by atoms with E-state index >= 15 is 0 Å². The Morgan fingerprint density at radius 1 is 1.29 bits per heavy atom. The molecule has 126 valence electrons. The smallest absolute Gasteiger partial charge is 0.326 e. The molecule has 5 nitrogen and oxygen atoms in total. The lowest BCUT2D eigenvalue weighted by molar-refractivity contribution is -0.139. The van der Waals surface area contributed by atoms with Crippen LogP contribution in [0, 0.1) is 5.92 Å². The Morgan fingerprint density at radius 2 is 2.00 bits per heavy atom. The SMILES string of the molecule is CC(C)C[C@@H](NC(=O)c1cc(C2CC2)nc2ccccc12)C(=O)O. The number of amides is 1. The summed E-state index contributed by atoms with van der Waals surface area (Å²) >= 11 is 0. The number of aliphatic carboxylic acids is 1. The molecule has 1 fully saturated rings. The first-order valence-corrected chi connectivity index (χ1v) is 8.39. The first-order valence-electron chi connectivity index (χ1n) is 8.39. The Balaban J connectivity index is 1.94. The van der Waals surface area contributed by atoms with Crippen molar-refractivity contribution in [2.45, 2.75) is 45.1 Å². The van der Waals surface area contributed by atoms with Crippen LogP contribution in [0.3, 0.4) is 0 Å². The van der Waals surface area contributed by atoms with E-state index in [2.05, 4.69) is 10.3 Å². The van der Waals surface area contributed by atoms with E-state index in [0.717, 1.165) is 29.4 Å². The van der Waals surface area contributed by atoms with Crippen molar-refractivity contribution < 1.29 is 14.7 Å². The molecule has 2 N–H and O–H groups in total. The van der Waals surface area contributed by atoms with Crippen molar-refractivity contribution in [1.82, 2.24) is 10.3 Å². The number of nitrogens with one attached hydrogen (secondary N) is 1. The van der Waals surface area contributed by atoms with Gasteiger partial charge in [0, 0.05) is 17.0 Å². The molecule has 0 radical (unpaired) electrons. The summed E-state index contributed by atoms with van der Waals surface area (Å²) in [7, 11) is 0. The molecular formula is C19H22N2O3. The van der Waals surface area contributed by atoms with Crippen molar-refractivity contribution in [3.63, 3.8) is 0 Å². The number of para-hydroxylation sites is 1. The average molecular weight is 326 g/mol. The molecule has 0 spiro atoms. The summed E-state index contributed by atoms with van der Waals surface area (Å²) in [6.45, 7) is 3.88. The van der Waals surface area contributed by atoms with Crippen LogP contribution >= 0.6 is 0 Å². The van der Waals surface area contributed by atoms with Gasteiger partial charge in [-0.2, -0.15) is 0 Å². The molecule has 1 amide bonds. The molecule has 1 aromatic carbocycles. The maximum Gasteiger partial charge on any atom is 0.326 e. The number of aromatic nitrogens is 1. The van der Waals surface area contributed by atoms with Crippen molar-refractivity contribution >= 4 is 22.8 Å². The van der Waals surface area contributed by atoms with E-state index in [4.69, 9.17) is 0 Å². The van der Waals surface area contributed by atoms with E-state index in [9.17, 15) is 14.7 Å². The Kier molecular flexibility index (Phi) is 4.51. The van der Waals surface area contributed by atoms with Gasteiger partial charge in [0.15, 0.2) is 0 Å². The minimum absolute atomic E-state index is 0.183. The summed E-state index contributed by atoms with van der Waals surface area (Å²) in [5.41, 5.74) is 2.22. The molecule has 2 aromatic rings. The number of pyridine rings is 1. The third kappa shape index (κ3) is 3.55. The molecule has 5 heteroatoms. The molecule has 1 heterocycles. The van der Waals surface area contributed by atoms with Gasteiger partial charge in [-0.15, -0.1) is 0 Å². The van der Waals surface area contributed by atoms with Crippen LogP contribution in [0.15, 0.2) is 30.3 Å². The maximum absolute atomic E-state index is 12.7. The molecule has 0 aliphatic heterocycles. The molecule has 0 bridgehead atoms. The summed E-state index contributed by atoms with van der Waals surface area (Å²) in [4.78, 5) is 28.8. The number of carboxylic acids is 1. The molecule has 1 saturated carbocycles. The highest BCUT2D eigenvalue weighted by Gasteiger charge is 2.28. The van der Waals surface area contributed by atoms with Gasteiger partial charge in [-0.05, 0) is 37.3 Å². The fourth-order valence-corrected chi connectivity index (χ4v) is 2.90. The standard InChI is InChI=1S/C19H22N2O3/c1-11(2)9-17(19(23)24)21-18(22)14-10-16(12-7-8-12)20-15-6-4-3-5-13(14)15/h3-6,10-12,17H,7-9H2,1-2H3,(H,21,22)(H,23,24)/t17-/m1/s1. The highest BCUT2D eigenvalue weighted by molar-refractivity contribution is 6.07. The quantitative estimate of drug-likeness (QED) is 0.853. The van der Waals surface area contributed by atoms with Gasteiger partial charge in [0.2, 0.25) is 0 Å². The van der Waals surface area contributed by atoms with E-state index in [-0.39, 0.29) is 11.8 Å². The van der Waals surface area contributed by atoms with E-state index in [0.29, 0.717) is 17.9 Å². The number of rotatable bonds is 6. The molecule has 3 rings (SSSR count). The fraction of sp³-hybridized carbons (Fsp3) is 0.421. The molecule has 1 aromatic heterocycles.